The first-order valence-corrected chi connectivity index (χ1v) is 7.97. The molecule has 112 valence electrons. The summed E-state index contributed by atoms with van der Waals surface area (Å²) in [4.78, 5) is 5.69. The van der Waals surface area contributed by atoms with Crippen LogP contribution in [0.25, 0.3) is 0 Å². The summed E-state index contributed by atoms with van der Waals surface area (Å²) >= 11 is 7.55. The number of nitrogens with one attached hydrogen (secondary N) is 1. The first kappa shape index (κ1) is 16.3. The number of aryl methyl sites for hydroxylation is 1. The van der Waals surface area contributed by atoms with Gasteiger partial charge in [0.05, 0.1) is 6.61 Å². The predicted molar refractivity (Wildman–Crippen MR) is 88.1 cm³/mol. The van der Waals surface area contributed by atoms with Crippen molar-refractivity contribution in [2.24, 2.45) is 0 Å². The van der Waals surface area contributed by atoms with E-state index in [0.717, 1.165) is 34.6 Å². The average molecular weight is 323 g/mol. The number of aromatic nitrogens is 1. The summed E-state index contributed by atoms with van der Waals surface area (Å²) in [5.41, 5.74) is 2.37. The van der Waals surface area contributed by atoms with Gasteiger partial charge in [-0.05, 0) is 42.3 Å². The lowest BCUT2D eigenvalue weighted by Crippen LogP contribution is -2.18. The van der Waals surface area contributed by atoms with Gasteiger partial charge in [0.1, 0.15) is 5.03 Å². The molecule has 1 aromatic carbocycles. The summed E-state index contributed by atoms with van der Waals surface area (Å²) in [7, 11) is 1.70. The van der Waals surface area contributed by atoms with E-state index >= 15 is 0 Å². The lowest BCUT2D eigenvalue weighted by molar-refractivity contribution is 0.199. The van der Waals surface area contributed by atoms with Crippen LogP contribution in [0, 0.1) is 6.92 Å². The fourth-order valence-corrected chi connectivity index (χ4v) is 2.79. The van der Waals surface area contributed by atoms with Crippen molar-refractivity contribution in [1.82, 2.24) is 10.3 Å². The number of halogens is 1. The average Bonchev–Trinajstić information content (AvgIpc) is 2.48. The summed E-state index contributed by atoms with van der Waals surface area (Å²) in [6.07, 6.45) is 1.92. The van der Waals surface area contributed by atoms with Gasteiger partial charge in [-0.2, -0.15) is 0 Å². The minimum atomic E-state index is 0.719. The van der Waals surface area contributed by atoms with Gasteiger partial charge in [0.2, 0.25) is 0 Å². The zero-order valence-corrected chi connectivity index (χ0v) is 13.8. The molecule has 3 nitrogen and oxygen atoms in total. The molecule has 0 saturated heterocycles. The minimum Gasteiger partial charge on any atom is -0.383 e. The third-order valence-electron chi connectivity index (χ3n) is 2.93. The fraction of sp³-hybridized carbons (Fsp3) is 0.312. The van der Waals surface area contributed by atoms with Gasteiger partial charge in [-0.1, -0.05) is 29.4 Å². The van der Waals surface area contributed by atoms with E-state index in [1.807, 2.05) is 30.5 Å². The highest BCUT2D eigenvalue weighted by molar-refractivity contribution is 7.99. The molecule has 0 amide bonds. The maximum Gasteiger partial charge on any atom is 0.104 e. The van der Waals surface area contributed by atoms with E-state index < -0.39 is 0 Å². The fourth-order valence-electron chi connectivity index (χ4n) is 1.85. The lowest BCUT2D eigenvalue weighted by atomic mass is 10.2. The van der Waals surface area contributed by atoms with Gasteiger partial charge < -0.3 is 10.1 Å². The van der Waals surface area contributed by atoms with Crippen LogP contribution in [0.4, 0.5) is 0 Å². The first-order valence-electron chi connectivity index (χ1n) is 6.77. The maximum atomic E-state index is 5.90. The van der Waals surface area contributed by atoms with Crippen LogP contribution in [-0.2, 0) is 11.3 Å². The van der Waals surface area contributed by atoms with Crippen LogP contribution in [0.3, 0.4) is 0 Å². The summed E-state index contributed by atoms with van der Waals surface area (Å²) in [5.74, 6) is 0. The van der Waals surface area contributed by atoms with Crippen LogP contribution in [0.1, 0.15) is 11.1 Å². The molecular formula is C16H19ClN2OS. The molecular weight excluding hydrogens is 304 g/mol. The zero-order valence-electron chi connectivity index (χ0n) is 12.2. The SMILES string of the molecule is COCCNCc1cnc(Sc2ccc(Cl)cc2)c(C)c1. The minimum absolute atomic E-state index is 0.719. The van der Waals surface area contributed by atoms with Gasteiger partial charge in [-0.25, -0.2) is 4.98 Å². The van der Waals surface area contributed by atoms with Crippen molar-refractivity contribution in [1.29, 1.82) is 0 Å². The molecule has 0 radical (unpaired) electrons. The number of rotatable bonds is 7. The molecule has 2 rings (SSSR count). The maximum absolute atomic E-state index is 5.90. The van der Waals surface area contributed by atoms with E-state index in [0.29, 0.717) is 0 Å². The number of hydrogen-bond acceptors (Lipinski definition) is 4. The van der Waals surface area contributed by atoms with Crippen molar-refractivity contribution in [3.8, 4) is 0 Å². The molecule has 1 heterocycles. The second-order valence-corrected chi connectivity index (χ2v) is 6.19. The topological polar surface area (TPSA) is 34.1 Å². The van der Waals surface area contributed by atoms with Crippen LogP contribution >= 0.6 is 23.4 Å². The van der Waals surface area contributed by atoms with Crippen LogP contribution < -0.4 is 5.32 Å². The zero-order chi connectivity index (χ0) is 15.1. The lowest BCUT2D eigenvalue weighted by Gasteiger charge is -2.08. The van der Waals surface area contributed by atoms with Gasteiger partial charge in [0, 0.05) is 36.3 Å². The number of nitrogens with zero attached hydrogens (tertiary/aromatic N) is 1. The highest BCUT2D eigenvalue weighted by atomic mass is 35.5. The van der Waals surface area contributed by atoms with Gasteiger partial charge in [-0.3, -0.25) is 0 Å². The van der Waals surface area contributed by atoms with E-state index in [-0.39, 0.29) is 0 Å². The standard InChI is InChI=1S/C16H19ClN2OS/c1-12-9-13(10-18-7-8-20-2)11-19-16(12)21-15-5-3-14(17)4-6-15/h3-6,9,11,18H,7-8,10H2,1-2H3. The van der Waals surface area contributed by atoms with Crippen LogP contribution in [0.5, 0.6) is 0 Å². The second kappa shape index (κ2) is 8.39. The molecule has 0 aliphatic rings. The van der Waals surface area contributed by atoms with Crippen molar-refractivity contribution >= 4 is 23.4 Å². The normalized spacial score (nSPS) is 10.8. The molecule has 1 aromatic heterocycles. The van der Waals surface area contributed by atoms with Gasteiger partial charge >= 0.3 is 0 Å². The molecule has 0 spiro atoms. The Balaban J connectivity index is 1.97. The highest BCUT2D eigenvalue weighted by Crippen LogP contribution is 2.29. The molecule has 1 N–H and O–H groups in total. The second-order valence-electron chi connectivity index (χ2n) is 4.69. The van der Waals surface area contributed by atoms with Crippen LogP contribution in [-0.4, -0.2) is 25.2 Å². The summed E-state index contributed by atoms with van der Waals surface area (Å²) in [5, 5.41) is 5.10. The highest BCUT2D eigenvalue weighted by Gasteiger charge is 2.04. The molecule has 21 heavy (non-hydrogen) atoms. The number of benzene rings is 1. The van der Waals surface area contributed by atoms with E-state index in [1.165, 1.54) is 11.1 Å². The van der Waals surface area contributed by atoms with Crippen molar-refractivity contribution in [3.63, 3.8) is 0 Å². The Morgan fingerprint density at radius 2 is 2.05 bits per heavy atom. The molecule has 0 fully saturated rings. The Kier molecular flexibility index (Phi) is 6.51. The smallest absolute Gasteiger partial charge is 0.104 e. The molecule has 0 bridgehead atoms. The number of hydrogen-bond donors (Lipinski definition) is 1. The van der Waals surface area contributed by atoms with E-state index in [9.17, 15) is 0 Å². The summed E-state index contributed by atoms with van der Waals surface area (Å²) in [6, 6.07) is 9.98. The number of ether oxygens (including phenoxy) is 1. The molecule has 0 aliphatic heterocycles. The third-order valence-corrected chi connectivity index (χ3v) is 4.31. The summed E-state index contributed by atoms with van der Waals surface area (Å²) < 4.78 is 5.01. The Hall–Kier alpha value is -1.07. The molecule has 2 aromatic rings. The predicted octanol–water partition coefficient (Wildman–Crippen LogP) is 3.93. The van der Waals surface area contributed by atoms with Crippen molar-refractivity contribution in [2.75, 3.05) is 20.3 Å². The van der Waals surface area contributed by atoms with Crippen LogP contribution in [0.2, 0.25) is 5.02 Å². The van der Waals surface area contributed by atoms with Crippen molar-refractivity contribution in [2.45, 2.75) is 23.4 Å². The molecule has 0 atom stereocenters. The number of pyridine rings is 1. The van der Waals surface area contributed by atoms with Gasteiger partial charge in [0.25, 0.3) is 0 Å². The molecule has 0 saturated carbocycles. The quantitative estimate of drug-likeness (QED) is 0.783. The monoisotopic (exact) mass is 322 g/mol. The first-order chi connectivity index (χ1) is 10.2. The van der Waals surface area contributed by atoms with Crippen molar-refractivity contribution < 1.29 is 4.74 Å². The summed E-state index contributed by atoms with van der Waals surface area (Å²) in [6.45, 7) is 4.46. The largest absolute Gasteiger partial charge is 0.383 e. The van der Waals surface area contributed by atoms with E-state index in [2.05, 4.69) is 23.3 Å². The van der Waals surface area contributed by atoms with Crippen molar-refractivity contribution in [3.05, 3.63) is 52.7 Å². The molecule has 0 aliphatic carbocycles. The molecule has 5 heteroatoms. The number of methoxy groups -OCH3 is 1. The van der Waals surface area contributed by atoms with E-state index in [4.69, 9.17) is 16.3 Å². The van der Waals surface area contributed by atoms with Gasteiger partial charge in [-0.15, -0.1) is 0 Å². The Bertz CT molecular complexity index is 575. The Labute approximate surface area is 135 Å². The van der Waals surface area contributed by atoms with Crippen LogP contribution in [0.15, 0.2) is 46.5 Å². The van der Waals surface area contributed by atoms with E-state index in [1.54, 1.807) is 18.9 Å². The third kappa shape index (κ3) is 5.32. The molecule has 0 unspecified atom stereocenters. The van der Waals surface area contributed by atoms with Gasteiger partial charge in [0.15, 0.2) is 0 Å². The Morgan fingerprint density at radius 1 is 1.29 bits per heavy atom. The Morgan fingerprint density at radius 3 is 2.71 bits per heavy atom.